The van der Waals surface area contributed by atoms with Gasteiger partial charge in [-0.05, 0) is 0 Å². The zero-order chi connectivity index (χ0) is 12.8. The standard InChI is InChI=1S/C9H15N5O3/c1-13(3-2-9(16)17)8(15)6-14-5-7(4-10)11-12-14/h5H,2-4,6,10H2,1H3,(H,16,17). The summed E-state index contributed by atoms with van der Waals surface area (Å²) >= 11 is 0. The van der Waals surface area contributed by atoms with Gasteiger partial charge in [0, 0.05) is 20.1 Å². The summed E-state index contributed by atoms with van der Waals surface area (Å²) in [5.74, 6) is -1.16. The Balaban J connectivity index is 2.45. The molecule has 8 nitrogen and oxygen atoms in total. The normalized spacial score (nSPS) is 10.2. The van der Waals surface area contributed by atoms with Gasteiger partial charge >= 0.3 is 5.97 Å². The maximum Gasteiger partial charge on any atom is 0.305 e. The minimum absolute atomic E-state index is 0.0309. The van der Waals surface area contributed by atoms with E-state index in [1.165, 1.54) is 9.58 Å². The first-order chi connectivity index (χ1) is 8.02. The van der Waals surface area contributed by atoms with Crippen LogP contribution in [0.15, 0.2) is 6.20 Å². The van der Waals surface area contributed by atoms with Crippen LogP contribution in [0.4, 0.5) is 0 Å². The number of carboxylic acid groups (broad SMARTS) is 1. The van der Waals surface area contributed by atoms with Crippen LogP contribution in [0.25, 0.3) is 0 Å². The molecule has 3 N–H and O–H groups in total. The molecule has 1 aromatic heterocycles. The van der Waals surface area contributed by atoms with E-state index in [2.05, 4.69) is 10.3 Å². The molecule has 0 aliphatic carbocycles. The third-order valence-electron chi connectivity index (χ3n) is 2.18. The summed E-state index contributed by atoms with van der Waals surface area (Å²) < 4.78 is 1.38. The fourth-order valence-electron chi connectivity index (χ4n) is 1.16. The van der Waals surface area contributed by atoms with Crippen LogP contribution in [0, 0.1) is 0 Å². The van der Waals surface area contributed by atoms with Crippen LogP contribution in [0.5, 0.6) is 0 Å². The van der Waals surface area contributed by atoms with Crippen LogP contribution >= 0.6 is 0 Å². The fourth-order valence-corrected chi connectivity index (χ4v) is 1.16. The molecule has 0 radical (unpaired) electrons. The van der Waals surface area contributed by atoms with Gasteiger partial charge in [0.1, 0.15) is 6.54 Å². The Bertz CT molecular complexity index is 403. The van der Waals surface area contributed by atoms with Crippen LogP contribution < -0.4 is 5.73 Å². The molecule has 0 spiro atoms. The number of carbonyl (C=O) groups excluding carboxylic acids is 1. The van der Waals surface area contributed by atoms with E-state index in [0.29, 0.717) is 5.69 Å². The van der Waals surface area contributed by atoms with E-state index in [0.717, 1.165) is 0 Å². The van der Waals surface area contributed by atoms with Crippen molar-refractivity contribution in [2.24, 2.45) is 5.73 Å². The van der Waals surface area contributed by atoms with Crippen molar-refractivity contribution in [2.45, 2.75) is 19.5 Å². The summed E-state index contributed by atoms with van der Waals surface area (Å²) in [5, 5.41) is 16.0. The van der Waals surface area contributed by atoms with Crippen LogP contribution in [0.1, 0.15) is 12.1 Å². The molecule has 0 aromatic carbocycles. The lowest BCUT2D eigenvalue weighted by Crippen LogP contribution is -2.32. The molecular formula is C9H15N5O3. The molecule has 0 fully saturated rings. The lowest BCUT2D eigenvalue weighted by atomic mass is 10.4. The molecule has 8 heteroatoms. The summed E-state index contributed by atoms with van der Waals surface area (Å²) in [6.45, 7) is 0.471. The summed E-state index contributed by atoms with van der Waals surface area (Å²) in [5.41, 5.74) is 5.96. The molecule has 0 bridgehead atoms. The van der Waals surface area contributed by atoms with E-state index in [9.17, 15) is 9.59 Å². The fraction of sp³-hybridized carbons (Fsp3) is 0.556. The first-order valence-corrected chi connectivity index (χ1v) is 5.07. The Kier molecular flexibility index (Phi) is 4.58. The molecule has 0 aliphatic heterocycles. The third-order valence-corrected chi connectivity index (χ3v) is 2.18. The molecule has 1 aromatic rings. The topological polar surface area (TPSA) is 114 Å². The van der Waals surface area contributed by atoms with Crippen molar-refractivity contribution in [1.82, 2.24) is 19.9 Å². The number of aromatic nitrogens is 3. The number of nitrogens with two attached hydrogens (primary N) is 1. The molecule has 0 saturated carbocycles. The van der Waals surface area contributed by atoms with Gasteiger partial charge < -0.3 is 15.7 Å². The average molecular weight is 241 g/mol. The number of nitrogens with zero attached hydrogens (tertiary/aromatic N) is 4. The number of aliphatic carboxylic acids is 1. The second-order valence-corrected chi connectivity index (χ2v) is 3.57. The number of hydrogen-bond acceptors (Lipinski definition) is 5. The van der Waals surface area contributed by atoms with Crippen molar-refractivity contribution in [3.05, 3.63) is 11.9 Å². The van der Waals surface area contributed by atoms with Crippen LogP contribution in [-0.2, 0) is 22.7 Å². The van der Waals surface area contributed by atoms with Crippen LogP contribution in [-0.4, -0.2) is 50.5 Å². The highest BCUT2D eigenvalue weighted by Gasteiger charge is 2.11. The SMILES string of the molecule is CN(CCC(=O)O)C(=O)Cn1cc(CN)nn1. The predicted molar refractivity (Wildman–Crippen MR) is 57.8 cm³/mol. The van der Waals surface area contributed by atoms with E-state index < -0.39 is 5.97 Å². The lowest BCUT2D eigenvalue weighted by Gasteiger charge is -2.15. The van der Waals surface area contributed by atoms with Crippen LogP contribution in [0.3, 0.4) is 0 Å². The molecular weight excluding hydrogens is 226 g/mol. The smallest absolute Gasteiger partial charge is 0.305 e. The van der Waals surface area contributed by atoms with Crippen molar-refractivity contribution in [1.29, 1.82) is 0 Å². The number of likely N-dealkylation sites (N-methyl/N-ethyl adjacent to an activating group) is 1. The van der Waals surface area contributed by atoms with Gasteiger partial charge in [-0.2, -0.15) is 0 Å². The molecule has 94 valence electrons. The van der Waals surface area contributed by atoms with Crippen molar-refractivity contribution >= 4 is 11.9 Å². The van der Waals surface area contributed by atoms with E-state index in [1.54, 1.807) is 13.2 Å². The van der Waals surface area contributed by atoms with Crippen molar-refractivity contribution < 1.29 is 14.7 Å². The monoisotopic (exact) mass is 241 g/mol. The van der Waals surface area contributed by atoms with E-state index in [-0.39, 0.29) is 32.0 Å². The van der Waals surface area contributed by atoms with Gasteiger partial charge in [-0.3, -0.25) is 9.59 Å². The van der Waals surface area contributed by atoms with Gasteiger partial charge in [0.15, 0.2) is 0 Å². The summed E-state index contributed by atoms with van der Waals surface area (Å²) in [6.07, 6.45) is 1.51. The second-order valence-electron chi connectivity index (χ2n) is 3.57. The minimum atomic E-state index is -0.934. The second kappa shape index (κ2) is 5.94. The Morgan fingerprint density at radius 3 is 2.82 bits per heavy atom. The molecule has 1 rings (SSSR count). The van der Waals surface area contributed by atoms with Crippen molar-refractivity contribution in [2.75, 3.05) is 13.6 Å². The summed E-state index contributed by atoms with van der Waals surface area (Å²) in [6, 6.07) is 0. The highest BCUT2D eigenvalue weighted by Crippen LogP contribution is 1.95. The van der Waals surface area contributed by atoms with Crippen LogP contribution in [0.2, 0.25) is 0 Å². The number of amides is 1. The highest BCUT2D eigenvalue weighted by atomic mass is 16.4. The number of carboxylic acids is 1. The average Bonchev–Trinajstić information content (AvgIpc) is 2.73. The number of hydrogen-bond donors (Lipinski definition) is 2. The molecule has 0 saturated heterocycles. The maximum absolute atomic E-state index is 11.6. The van der Waals surface area contributed by atoms with Crippen molar-refractivity contribution in [3.8, 4) is 0 Å². The summed E-state index contributed by atoms with van der Waals surface area (Å²) in [4.78, 5) is 23.3. The first-order valence-electron chi connectivity index (χ1n) is 5.07. The minimum Gasteiger partial charge on any atom is -0.481 e. The van der Waals surface area contributed by atoms with E-state index in [1.807, 2.05) is 0 Å². The molecule has 1 amide bonds. The van der Waals surface area contributed by atoms with Gasteiger partial charge in [-0.15, -0.1) is 5.10 Å². The largest absolute Gasteiger partial charge is 0.481 e. The zero-order valence-corrected chi connectivity index (χ0v) is 9.54. The Hall–Kier alpha value is -1.96. The summed E-state index contributed by atoms with van der Waals surface area (Å²) in [7, 11) is 1.55. The Morgan fingerprint density at radius 2 is 2.29 bits per heavy atom. The predicted octanol–water partition coefficient (Wildman–Crippen LogP) is -1.33. The van der Waals surface area contributed by atoms with Gasteiger partial charge in [0.25, 0.3) is 0 Å². The molecule has 0 unspecified atom stereocenters. The quantitative estimate of drug-likeness (QED) is 0.637. The molecule has 0 aliphatic rings. The van der Waals surface area contributed by atoms with Gasteiger partial charge in [-0.1, -0.05) is 5.21 Å². The third kappa shape index (κ3) is 4.19. The highest BCUT2D eigenvalue weighted by molar-refractivity contribution is 5.76. The van der Waals surface area contributed by atoms with E-state index in [4.69, 9.17) is 10.8 Å². The Labute approximate surface area is 98.0 Å². The lowest BCUT2D eigenvalue weighted by molar-refractivity contribution is -0.138. The molecule has 1 heterocycles. The molecule has 17 heavy (non-hydrogen) atoms. The first kappa shape index (κ1) is 13.1. The number of rotatable bonds is 6. The zero-order valence-electron chi connectivity index (χ0n) is 9.54. The Morgan fingerprint density at radius 1 is 1.59 bits per heavy atom. The van der Waals surface area contributed by atoms with Gasteiger partial charge in [0.05, 0.1) is 18.3 Å². The maximum atomic E-state index is 11.6. The van der Waals surface area contributed by atoms with Crippen molar-refractivity contribution in [3.63, 3.8) is 0 Å². The van der Waals surface area contributed by atoms with Gasteiger partial charge in [0.2, 0.25) is 5.91 Å². The van der Waals surface area contributed by atoms with E-state index >= 15 is 0 Å². The van der Waals surface area contributed by atoms with Gasteiger partial charge in [-0.25, -0.2) is 4.68 Å². The molecule has 0 atom stereocenters. The number of carbonyl (C=O) groups is 2.